The maximum absolute atomic E-state index is 10.9. The standard InChI is InChI=1S/C12H18N4O3/c1-12(17)5-6-15(8-12)7-9-3-2-4-10(16(18)19)11(9)14-13/h2-4,14,17H,5-8,13H2,1H3. The van der Waals surface area contributed by atoms with Crippen LogP contribution in [0, 0.1) is 10.1 Å². The molecule has 0 amide bonds. The molecule has 2 rings (SSSR count). The van der Waals surface area contributed by atoms with Gasteiger partial charge in [0.25, 0.3) is 5.69 Å². The number of aliphatic hydroxyl groups is 1. The molecule has 7 nitrogen and oxygen atoms in total. The van der Waals surface area contributed by atoms with Crippen LogP contribution in [-0.2, 0) is 6.54 Å². The maximum Gasteiger partial charge on any atom is 0.293 e. The number of nitrogens with two attached hydrogens (primary N) is 1. The molecule has 1 aromatic rings. The van der Waals surface area contributed by atoms with E-state index in [4.69, 9.17) is 5.84 Å². The third kappa shape index (κ3) is 3.01. The Morgan fingerprint density at radius 1 is 1.63 bits per heavy atom. The van der Waals surface area contributed by atoms with E-state index in [9.17, 15) is 15.2 Å². The monoisotopic (exact) mass is 266 g/mol. The van der Waals surface area contributed by atoms with Gasteiger partial charge in [-0.15, -0.1) is 0 Å². The maximum atomic E-state index is 10.9. The number of likely N-dealkylation sites (tertiary alicyclic amines) is 1. The van der Waals surface area contributed by atoms with Gasteiger partial charge in [0.2, 0.25) is 0 Å². The van der Waals surface area contributed by atoms with E-state index in [-0.39, 0.29) is 5.69 Å². The Bertz CT molecular complexity index is 490. The largest absolute Gasteiger partial charge is 0.389 e. The van der Waals surface area contributed by atoms with Gasteiger partial charge < -0.3 is 10.5 Å². The van der Waals surface area contributed by atoms with Gasteiger partial charge in [0, 0.05) is 25.7 Å². The van der Waals surface area contributed by atoms with Crippen molar-refractivity contribution in [1.29, 1.82) is 0 Å². The minimum absolute atomic E-state index is 0.0362. The number of nitrogen functional groups attached to an aromatic ring is 1. The van der Waals surface area contributed by atoms with Crippen LogP contribution in [0.2, 0.25) is 0 Å². The van der Waals surface area contributed by atoms with Crippen molar-refractivity contribution in [3.8, 4) is 0 Å². The SMILES string of the molecule is CC1(O)CCN(Cc2cccc([N+](=O)[O-])c2NN)C1. The second kappa shape index (κ2) is 5.12. The first kappa shape index (κ1) is 13.7. The van der Waals surface area contributed by atoms with Gasteiger partial charge >= 0.3 is 0 Å². The number of nitro benzene ring substituents is 1. The number of hydrogen-bond donors (Lipinski definition) is 3. The Kier molecular flexibility index (Phi) is 3.70. The summed E-state index contributed by atoms with van der Waals surface area (Å²) in [6.07, 6.45) is 0.702. The number of nitrogens with zero attached hydrogens (tertiary/aromatic N) is 2. The molecule has 0 radical (unpaired) electrons. The lowest BCUT2D eigenvalue weighted by molar-refractivity contribution is -0.384. The Hall–Kier alpha value is -1.70. The van der Waals surface area contributed by atoms with E-state index < -0.39 is 10.5 Å². The van der Waals surface area contributed by atoms with Crippen molar-refractivity contribution in [2.24, 2.45) is 5.84 Å². The van der Waals surface area contributed by atoms with E-state index in [1.807, 2.05) is 0 Å². The summed E-state index contributed by atoms with van der Waals surface area (Å²) in [4.78, 5) is 12.5. The smallest absolute Gasteiger partial charge is 0.293 e. The molecule has 0 aliphatic carbocycles. The molecule has 1 fully saturated rings. The van der Waals surface area contributed by atoms with E-state index >= 15 is 0 Å². The Balaban J connectivity index is 2.21. The number of anilines is 1. The van der Waals surface area contributed by atoms with Crippen molar-refractivity contribution in [3.05, 3.63) is 33.9 Å². The molecule has 0 aromatic heterocycles. The number of rotatable bonds is 4. The average Bonchev–Trinajstić information content (AvgIpc) is 2.68. The predicted octanol–water partition coefficient (Wildman–Crippen LogP) is 0.837. The van der Waals surface area contributed by atoms with Gasteiger partial charge in [-0.1, -0.05) is 12.1 Å². The van der Waals surface area contributed by atoms with Gasteiger partial charge in [-0.05, 0) is 18.9 Å². The number of hydrogen-bond acceptors (Lipinski definition) is 6. The second-order valence-corrected chi connectivity index (χ2v) is 5.17. The highest BCUT2D eigenvalue weighted by Gasteiger charge is 2.31. The molecule has 0 spiro atoms. The van der Waals surface area contributed by atoms with E-state index in [1.54, 1.807) is 19.1 Å². The third-order valence-corrected chi connectivity index (χ3v) is 3.39. The predicted molar refractivity (Wildman–Crippen MR) is 71.4 cm³/mol. The Morgan fingerprint density at radius 3 is 2.89 bits per heavy atom. The summed E-state index contributed by atoms with van der Waals surface area (Å²) in [5.74, 6) is 5.39. The van der Waals surface area contributed by atoms with Crippen molar-refractivity contribution >= 4 is 11.4 Å². The highest BCUT2D eigenvalue weighted by atomic mass is 16.6. The molecule has 7 heteroatoms. The zero-order chi connectivity index (χ0) is 14.0. The van der Waals surface area contributed by atoms with Crippen LogP contribution in [-0.4, -0.2) is 33.6 Å². The van der Waals surface area contributed by atoms with Gasteiger partial charge in [-0.3, -0.25) is 20.9 Å². The van der Waals surface area contributed by atoms with Crippen molar-refractivity contribution < 1.29 is 10.0 Å². The van der Waals surface area contributed by atoms with E-state index in [2.05, 4.69) is 10.3 Å². The lowest BCUT2D eigenvalue weighted by atomic mass is 10.1. The molecule has 0 saturated carbocycles. The number of hydrazine groups is 1. The van der Waals surface area contributed by atoms with Crippen LogP contribution in [0.25, 0.3) is 0 Å². The number of nitrogens with one attached hydrogen (secondary N) is 1. The van der Waals surface area contributed by atoms with Crippen molar-refractivity contribution in [2.45, 2.75) is 25.5 Å². The second-order valence-electron chi connectivity index (χ2n) is 5.17. The van der Waals surface area contributed by atoms with Crippen LogP contribution >= 0.6 is 0 Å². The number of para-hydroxylation sites is 1. The number of benzene rings is 1. The highest BCUT2D eigenvalue weighted by molar-refractivity contribution is 5.65. The minimum atomic E-state index is -0.684. The summed E-state index contributed by atoms with van der Waals surface area (Å²) < 4.78 is 0. The fraction of sp³-hybridized carbons (Fsp3) is 0.500. The van der Waals surface area contributed by atoms with Crippen LogP contribution in [0.15, 0.2) is 18.2 Å². The third-order valence-electron chi connectivity index (χ3n) is 3.39. The topological polar surface area (TPSA) is 105 Å². The molecule has 1 aliphatic rings. The highest BCUT2D eigenvalue weighted by Crippen LogP contribution is 2.30. The molecule has 19 heavy (non-hydrogen) atoms. The summed E-state index contributed by atoms with van der Waals surface area (Å²) >= 11 is 0. The molecule has 1 saturated heterocycles. The van der Waals surface area contributed by atoms with Crippen LogP contribution in [0.1, 0.15) is 18.9 Å². The van der Waals surface area contributed by atoms with E-state index in [0.717, 1.165) is 12.1 Å². The fourth-order valence-corrected chi connectivity index (χ4v) is 2.45. The van der Waals surface area contributed by atoms with Gasteiger partial charge in [-0.2, -0.15) is 0 Å². The zero-order valence-corrected chi connectivity index (χ0v) is 10.8. The molecule has 1 heterocycles. The molecule has 1 aliphatic heterocycles. The summed E-state index contributed by atoms with van der Waals surface area (Å²) in [7, 11) is 0. The fourth-order valence-electron chi connectivity index (χ4n) is 2.45. The summed E-state index contributed by atoms with van der Waals surface area (Å²) in [5.41, 5.74) is 2.78. The molecular weight excluding hydrogens is 248 g/mol. The molecule has 1 aromatic carbocycles. The molecule has 104 valence electrons. The number of nitro groups is 1. The lowest BCUT2D eigenvalue weighted by Crippen LogP contribution is -2.29. The van der Waals surface area contributed by atoms with E-state index in [0.29, 0.717) is 25.2 Å². The van der Waals surface area contributed by atoms with Gasteiger partial charge in [0.05, 0.1) is 10.5 Å². The first-order valence-corrected chi connectivity index (χ1v) is 6.10. The molecule has 1 atom stereocenters. The Morgan fingerprint density at radius 2 is 2.37 bits per heavy atom. The van der Waals surface area contributed by atoms with Gasteiger partial charge in [0.15, 0.2) is 0 Å². The van der Waals surface area contributed by atoms with Gasteiger partial charge in [-0.25, -0.2) is 0 Å². The molecule has 4 N–H and O–H groups in total. The Labute approximate surface area is 111 Å². The first-order valence-electron chi connectivity index (χ1n) is 6.10. The normalized spacial score (nSPS) is 23.5. The summed E-state index contributed by atoms with van der Waals surface area (Å²) in [6, 6.07) is 4.86. The quantitative estimate of drug-likeness (QED) is 0.423. The van der Waals surface area contributed by atoms with Crippen LogP contribution in [0.4, 0.5) is 11.4 Å². The van der Waals surface area contributed by atoms with E-state index in [1.165, 1.54) is 6.07 Å². The van der Waals surface area contributed by atoms with Gasteiger partial charge in [0.1, 0.15) is 5.69 Å². The lowest BCUT2D eigenvalue weighted by Gasteiger charge is -2.20. The van der Waals surface area contributed by atoms with Crippen molar-refractivity contribution in [2.75, 3.05) is 18.5 Å². The molecule has 1 unspecified atom stereocenters. The van der Waals surface area contributed by atoms with Crippen LogP contribution in [0.5, 0.6) is 0 Å². The minimum Gasteiger partial charge on any atom is -0.389 e. The summed E-state index contributed by atoms with van der Waals surface area (Å²) in [5, 5.41) is 20.9. The zero-order valence-electron chi connectivity index (χ0n) is 10.8. The number of β-amino-alcohol motifs (C(OH)–C–C–N with tert-alkyl or cyclic N) is 1. The van der Waals surface area contributed by atoms with Crippen LogP contribution in [0.3, 0.4) is 0 Å². The molecule has 0 bridgehead atoms. The van der Waals surface area contributed by atoms with Crippen molar-refractivity contribution in [1.82, 2.24) is 4.90 Å². The summed E-state index contributed by atoms with van der Waals surface area (Å²) in [6.45, 7) is 3.64. The first-order chi connectivity index (χ1) is 8.93. The van der Waals surface area contributed by atoms with Crippen molar-refractivity contribution in [3.63, 3.8) is 0 Å². The molecular formula is C12H18N4O3. The average molecular weight is 266 g/mol. The van der Waals surface area contributed by atoms with Crippen LogP contribution < -0.4 is 11.3 Å².